The third-order valence-corrected chi connectivity index (χ3v) is 3.96. The van der Waals surface area contributed by atoms with Gasteiger partial charge in [-0.3, -0.25) is 4.79 Å². The Labute approximate surface area is 120 Å². The molecule has 0 radical (unpaired) electrons. The summed E-state index contributed by atoms with van der Waals surface area (Å²) in [7, 11) is 0. The van der Waals surface area contributed by atoms with Crippen molar-refractivity contribution in [2.24, 2.45) is 11.3 Å². The second-order valence-corrected chi connectivity index (χ2v) is 6.49. The summed E-state index contributed by atoms with van der Waals surface area (Å²) < 4.78 is 27.5. The van der Waals surface area contributed by atoms with Gasteiger partial charge in [-0.1, -0.05) is 43.6 Å². The maximum Gasteiger partial charge on any atom is 0.257 e. The van der Waals surface area contributed by atoms with Gasteiger partial charge in [-0.15, -0.1) is 0 Å². The maximum absolute atomic E-state index is 13.6. The fraction of sp³-hybridized carbons (Fsp3) is 0.500. The number of rotatable bonds is 4. The van der Waals surface area contributed by atoms with Crippen molar-refractivity contribution in [2.75, 3.05) is 6.54 Å². The summed E-state index contributed by atoms with van der Waals surface area (Å²) in [5.41, 5.74) is -0.680. The maximum atomic E-state index is 13.6. The van der Waals surface area contributed by atoms with E-state index >= 15 is 0 Å². The lowest BCUT2D eigenvalue weighted by Crippen LogP contribution is -2.37. The first-order valence-corrected chi connectivity index (χ1v) is 6.87. The number of benzene rings is 1. The Morgan fingerprint density at radius 2 is 1.79 bits per heavy atom. The molecule has 0 unspecified atom stereocenters. The molecule has 0 saturated heterocycles. The van der Waals surface area contributed by atoms with Crippen molar-refractivity contribution >= 4 is 21.8 Å². The van der Waals surface area contributed by atoms with Gasteiger partial charge in [-0.05, 0) is 23.5 Å². The van der Waals surface area contributed by atoms with E-state index in [-0.39, 0.29) is 9.89 Å². The first-order chi connectivity index (χ1) is 8.65. The predicted molar refractivity (Wildman–Crippen MR) is 75.0 cm³/mol. The Hall–Kier alpha value is -0.970. The highest BCUT2D eigenvalue weighted by Gasteiger charge is 2.25. The molecule has 1 rings (SSSR count). The minimum absolute atomic E-state index is 0.141. The number of carbonyl (C=O) groups is 1. The average Bonchev–Trinajstić information content (AvgIpc) is 2.24. The fourth-order valence-corrected chi connectivity index (χ4v) is 1.76. The highest BCUT2D eigenvalue weighted by Crippen LogP contribution is 2.25. The minimum atomic E-state index is -0.869. The standard InChI is InChI=1S/C14H18BrF2NO/c1-8(2)14(3,4)7-18-13(19)12-10(16)5-9(15)6-11(12)17/h5-6,8H,7H2,1-4H3,(H,18,19). The van der Waals surface area contributed by atoms with Gasteiger partial charge in [0, 0.05) is 11.0 Å². The summed E-state index contributed by atoms with van der Waals surface area (Å²) >= 11 is 2.97. The van der Waals surface area contributed by atoms with Crippen LogP contribution < -0.4 is 5.32 Å². The van der Waals surface area contributed by atoms with Gasteiger partial charge >= 0.3 is 0 Å². The van der Waals surface area contributed by atoms with Crippen molar-refractivity contribution in [3.05, 3.63) is 33.8 Å². The molecular weight excluding hydrogens is 316 g/mol. The van der Waals surface area contributed by atoms with Gasteiger partial charge in [-0.25, -0.2) is 8.78 Å². The van der Waals surface area contributed by atoms with E-state index < -0.39 is 23.1 Å². The minimum Gasteiger partial charge on any atom is -0.351 e. The quantitative estimate of drug-likeness (QED) is 0.881. The monoisotopic (exact) mass is 333 g/mol. The van der Waals surface area contributed by atoms with E-state index in [1.165, 1.54) is 0 Å². The topological polar surface area (TPSA) is 29.1 Å². The molecule has 0 aliphatic carbocycles. The fourth-order valence-electron chi connectivity index (χ4n) is 1.36. The Morgan fingerprint density at radius 1 is 1.32 bits per heavy atom. The summed E-state index contributed by atoms with van der Waals surface area (Å²) in [6.45, 7) is 8.41. The molecule has 0 saturated carbocycles. The van der Waals surface area contributed by atoms with Gasteiger partial charge in [0.25, 0.3) is 5.91 Å². The molecule has 1 aromatic rings. The lowest BCUT2D eigenvalue weighted by molar-refractivity contribution is 0.0916. The number of amides is 1. The van der Waals surface area contributed by atoms with E-state index in [4.69, 9.17) is 0 Å². The van der Waals surface area contributed by atoms with Crippen molar-refractivity contribution in [2.45, 2.75) is 27.7 Å². The normalized spacial score (nSPS) is 11.8. The van der Waals surface area contributed by atoms with Crippen LogP contribution in [0.3, 0.4) is 0 Å². The van der Waals surface area contributed by atoms with Gasteiger partial charge < -0.3 is 5.32 Å². The molecule has 0 atom stereocenters. The Bertz CT molecular complexity index is 463. The van der Waals surface area contributed by atoms with E-state index in [9.17, 15) is 13.6 Å². The van der Waals surface area contributed by atoms with Crippen LogP contribution in [0.4, 0.5) is 8.78 Å². The number of carbonyl (C=O) groups excluding carboxylic acids is 1. The molecule has 2 nitrogen and oxygen atoms in total. The lowest BCUT2D eigenvalue weighted by Gasteiger charge is -2.29. The van der Waals surface area contributed by atoms with Crippen LogP contribution in [0, 0.1) is 23.0 Å². The molecule has 1 N–H and O–H groups in total. The number of hydrogen-bond acceptors (Lipinski definition) is 1. The molecule has 0 aromatic heterocycles. The van der Waals surface area contributed by atoms with E-state index in [0.717, 1.165) is 12.1 Å². The summed E-state index contributed by atoms with van der Waals surface area (Å²) in [5, 5.41) is 2.59. The zero-order valence-electron chi connectivity index (χ0n) is 11.5. The van der Waals surface area contributed by atoms with Crippen LogP contribution >= 0.6 is 15.9 Å². The van der Waals surface area contributed by atoms with E-state index in [1.54, 1.807) is 0 Å². The zero-order valence-corrected chi connectivity index (χ0v) is 13.1. The molecule has 0 heterocycles. The second kappa shape index (κ2) is 5.99. The van der Waals surface area contributed by atoms with Crippen LogP contribution in [-0.4, -0.2) is 12.5 Å². The largest absolute Gasteiger partial charge is 0.351 e. The SMILES string of the molecule is CC(C)C(C)(C)CNC(=O)c1c(F)cc(Br)cc1F. The van der Waals surface area contributed by atoms with Crippen LogP contribution in [0.15, 0.2) is 16.6 Å². The molecule has 1 amide bonds. The summed E-state index contributed by atoms with van der Waals surface area (Å²) in [6.07, 6.45) is 0. The molecule has 0 bridgehead atoms. The van der Waals surface area contributed by atoms with Crippen LogP contribution in [0.2, 0.25) is 0 Å². The van der Waals surface area contributed by atoms with Crippen molar-refractivity contribution in [3.63, 3.8) is 0 Å². The van der Waals surface area contributed by atoms with Gasteiger partial charge in [-0.2, -0.15) is 0 Å². The molecule has 0 aliphatic heterocycles. The van der Waals surface area contributed by atoms with Crippen molar-refractivity contribution in [1.82, 2.24) is 5.32 Å². The van der Waals surface area contributed by atoms with E-state index in [1.807, 2.05) is 27.7 Å². The average molecular weight is 334 g/mol. The van der Waals surface area contributed by atoms with Crippen molar-refractivity contribution in [3.8, 4) is 0 Å². The Balaban J connectivity index is 2.86. The Morgan fingerprint density at radius 3 is 2.21 bits per heavy atom. The van der Waals surface area contributed by atoms with Crippen LogP contribution in [0.5, 0.6) is 0 Å². The highest BCUT2D eigenvalue weighted by atomic mass is 79.9. The van der Waals surface area contributed by atoms with Gasteiger partial charge in [0.15, 0.2) is 0 Å². The molecule has 106 valence electrons. The van der Waals surface area contributed by atoms with E-state index in [0.29, 0.717) is 12.5 Å². The first kappa shape index (κ1) is 16.1. The van der Waals surface area contributed by atoms with Gasteiger partial charge in [0.1, 0.15) is 17.2 Å². The van der Waals surface area contributed by atoms with Crippen LogP contribution in [0.1, 0.15) is 38.1 Å². The van der Waals surface area contributed by atoms with Crippen LogP contribution in [-0.2, 0) is 0 Å². The number of nitrogens with one attached hydrogen (secondary N) is 1. The smallest absolute Gasteiger partial charge is 0.257 e. The predicted octanol–water partition coefficient (Wildman–Crippen LogP) is 4.14. The lowest BCUT2D eigenvalue weighted by atomic mass is 9.81. The number of hydrogen-bond donors (Lipinski definition) is 1. The van der Waals surface area contributed by atoms with Crippen molar-refractivity contribution < 1.29 is 13.6 Å². The molecule has 0 aliphatic rings. The first-order valence-electron chi connectivity index (χ1n) is 6.08. The molecule has 1 aromatic carbocycles. The van der Waals surface area contributed by atoms with Gasteiger partial charge in [0.2, 0.25) is 0 Å². The molecular formula is C14H18BrF2NO. The summed E-state index contributed by atoms with van der Waals surface area (Å²) in [5.74, 6) is -2.12. The van der Waals surface area contributed by atoms with E-state index in [2.05, 4.69) is 21.2 Å². The third-order valence-electron chi connectivity index (χ3n) is 3.50. The molecule has 19 heavy (non-hydrogen) atoms. The molecule has 5 heteroatoms. The molecule has 0 fully saturated rings. The number of halogens is 3. The highest BCUT2D eigenvalue weighted by molar-refractivity contribution is 9.10. The molecule has 0 spiro atoms. The van der Waals surface area contributed by atoms with Crippen molar-refractivity contribution in [1.29, 1.82) is 0 Å². The Kier molecular flexibility index (Phi) is 5.07. The second-order valence-electron chi connectivity index (χ2n) is 5.57. The summed E-state index contributed by atoms with van der Waals surface area (Å²) in [6, 6.07) is 2.15. The third kappa shape index (κ3) is 4.00. The zero-order chi connectivity index (χ0) is 14.8. The van der Waals surface area contributed by atoms with Crippen LogP contribution in [0.25, 0.3) is 0 Å². The van der Waals surface area contributed by atoms with Gasteiger partial charge in [0.05, 0.1) is 0 Å². The summed E-state index contributed by atoms with van der Waals surface area (Å²) in [4.78, 5) is 11.9.